The first-order chi connectivity index (χ1) is 19.8. The van der Waals surface area contributed by atoms with Gasteiger partial charge in [-0.05, 0) is 111 Å². The number of phenols is 3. The lowest BCUT2D eigenvalue weighted by atomic mass is 9.58. The molecule has 0 atom stereocenters. The van der Waals surface area contributed by atoms with E-state index in [1.165, 1.54) is 0 Å². The van der Waals surface area contributed by atoms with E-state index in [0.29, 0.717) is 17.2 Å². The third kappa shape index (κ3) is 6.26. The van der Waals surface area contributed by atoms with Gasteiger partial charge in [0.2, 0.25) is 0 Å². The van der Waals surface area contributed by atoms with Crippen molar-refractivity contribution >= 4 is 0 Å². The molecule has 0 radical (unpaired) electrons. The SMILES string of the molecule is CCCC(c1cc(C(C)(C)C)c(O)cc1C)(c1cc(C(C)(C)C)c(O)cc1C)c1c(C)cc(C(C)(C)C)c(O)c1C(C)(C)C. The molecule has 0 fully saturated rings. The number of phenolic OH excluding ortho intramolecular Hbond substituents is 3. The number of aromatic hydroxyl groups is 3. The zero-order chi connectivity index (χ0) is 34.0. The molecule has 3 N–H and O–H groups in total. The highest BCUT2D eigenvalue weighted by Crippen LogP contribution is 2.55. The van der Waals surface area contributed by atoms with Crippen LogP contribution in [0.4, 0.5) is 0 Å². The Morgan fingerprint density at radius 2 is 0.841 bits per heavy atom. The Bertz CT molecular complexity index is 1470. The third-order valence-electron chi connectivity index (χ3n) is 9.33. The van der Waals surface area contributed by atoms with Gasteiger partial charge < -0.3 is 15.3 Å². The van der Waals surface area contributed by atoms with Crippen molar-refractivity contribution in [1.29, 1.82) is 0 Å². The van der Waals surface area contributed by atoms with Crippen molar-refractivity contribution in [1.82, 2.24) is 0 Å². The van der Waals surface area contributed by atoms with E-state index in [-0.39, 0.29) is 21.7 Å². The molecule has 0 saturated heterocycles. The van der Waals surface area contributed by atoms with E-state index in [1.807, 2.05) is 12.1 Å². The molecule has 3 rings (SSSR count). The number of aryl methyl sites for hydroxylation is 3. The van der Waals surface area contributed by atoms with Crippen LogP contribution in [0.2, 0.25) is 0 Å². The minimum absolute atomic E-state index is 0.248. The van der Waals surface area contributed by atoms with E-state index in [0.717, 1.165) is 68.5 Å². The second-order valence-corrected chi connectivity index (χ2v) is 17.4. The molecule has 0 heterocycles. The van der Waals surface area contributed by atoms with Gasteiger partial charge in [-0.3, -0.25) is 0 Å². The standard InChI is InChI=1S/C41H60O3/c1-17-18-41(27-22-29(37(5,6)7)32(42)20-24(27)2,28-23-30(38(8,9)10)33(43)21-25(28)3)34-26(4)19-31(39(11,12)13)36(44)35(34)40(14,15)16/h19-23,42-44H,17-18H2,1-16H3. The summed E-state index contributed by atoms with van der Waals surface area (Å²) < 4.78 is 0. The largest absolute Gasteiger partial charge is 0.508 e. The van der Waals surface area contributed by atoms with Crippen LogP contribution in [-0.2, 0) is 27.1 Å². The zero-order valence-corrected chi connectivity index (χ0v) is 30.6. The number of rotatable bonds is 5. The number of hydrogen-bond acceptors (Lipinski definition) is 3. The molecule has 44 heavy (non-hydrogen) atoms. The van der Waals surface area contributed by atoms with Crippen LogP contribution >= 0.6 is 0 Å². The van der Waals surface area contributed by atoms with Gasteiger partial charge in [0.05, 0.1) is 0 Å². The summed E-state index contributed by atoms with van der Waals surface area (Å²) in [5.41, 5.74) is 8.38. The average molecular weight is 601 g/mol. The Hall–Kier alpha value is -2.94. The topological polar surface area (TPSA) is 60.7 Å². The molecule has 3 aromatic carbocycles. The monoisotopic (exact) mass is 600 g/mol. The molecule has 0 aliphatic heterocycles. The fraction of sp³-hybridized carbons (Fsp3) is 0.561. The van der Waals surface area contributed by atoms with E-state index < -0.39 is 5.41 Å². The van der Waals surface area contributed by atoms with Gasteiger partial charge in [0.1, 0.15) is 17.2 Å². The molecule has 0 spiro atoms. The summed E-state index contributed by atoms with van der Waals surface area (Å²) in [6.07, 6.45) is 1.68. The summed E-state index contributed by atoms with van der Waals surface area (Å²) in [5, 5.41) is 34.8. The Labute approximate surface area is 268 Å². The van der Waals surface area contributed by atoms with E-state index in [4.69, 9.17) is 0 Å². The molecule has 0 saturated carbocycles. The van der Waals surface area contributed by atoms with Crippen molar-refractivity contribution in [2.75, 3.05) is 0 Å². The average Bonchev–Trinajstić information content (AvgIpc) is 2.81. The van der Waals surface area contributed by atoms with Gasteiger partial charge in [-0.25, -0.2) is 0 Å². The van der Waals surface area contributed by atoms with E-state index in [2.05, 4.69) is 129 Å². The second-order valence-electron chi connectivity index (χ2n) is 17.4. The third-order valence-corrected chi connectivity index (χ3v) is 9.33. The predicted octanol–water partition coefficient (Wildman–Crippen LogP) is 11.1. The van der Waals surface area contributed by atoms with Crippen molar-refractivity contribution in [3.63, 3.8) is 0 Å². The first-order valence-electron chi connectivity index (χ1n) is 16.4. The van der Waals surface area contributed by atoms with Crippen LogP contribution in [0.1, 0.15) is 158 Å². The lowest BCUT2D eigenvalue weighted by Crippen LogP contribution is -2.37. The fourth-order valence-corrected chi connectivity index (χ4v) is 7.35. The first kappa shape index (κ1) is 35.5. The number of hydrogen-bond donors (Lipinski definition) is 3. The Balaban J connectivity index is 2.84. The van der Waals surface area contributed by atoms with Crippen molar-refractivity contribution in [3.05, 3.63) is 86.0 Å². The maximum absolute atomic E-state index is 12.3. The smallest absolute Gasteiger partial charge is 0.123 e. The van der Waals surface area contributed by atoms with Crippen LogP contribution in [0, 0.1) is 20.8 Å². The van der Waals surface area contributed by atoms with Gasteiger partial charge in [-0.15, -0.1) is 0 Å². The van der Waals surface area contributed by atoms with E-state index >= 15 is 0 Å². The maximum atomic E-state index is 12.3. The van der Waals surface area contributed by atoms with Crippen LogP contribution in [0.5, 0.6) is 17.2 Å². The van der Waals surface area contributed by atoms with Gasteiger partial charge in [-0.1, -0.05) is 115 Å². The van der Waals surface area contributed by atoms with Crippen LogP contribution in [0.15, 0.2) is 30.3 Å². The quantitative estimate of drug-likeness (QED) is 0.255. The summed E-state index contributed by atoms with van der Waals surface area (Å²) in [4.78, 5) is 0. The Morgan fingerprint density at radius 1 is 0.455 bits per heavy atom. The Morgan fingerprint density at radius 3 is 1.16 bits per heavy atom. The predicted molar refractivity (Wildman–Crippen MR) is 188 cm³/mol. The zero-order valence-electron chi connectivity index (χ0n) is 30.6. The minimum atomic E-state index is -0.676. The lowest BCUT2D eigenvalue weighted by molar-refractivity contribution is 0.411. The van der Waals surface area contributed by atoms with Gasteiger partial charge in [0.25, 0.3) is 0 Å². The fourth-order valence-electron chi connectivity index (χ4n) is 7.35. The highest BCUT2D eigenvalue weighted by molar-refractivity contribution is 5.67. The molecule has 3 aromatic rings. The summed E-state index contributed by atoms with van der Waals surface area (Å²) in [5.74, 6) is 0.979. The summed E-state index contributed by atoms with van der Waals surface area (Å²) in [6, 6.07) is 10.5. The Kier molecular flexibility index (Phi) is 9.25. The highest BCUT2D eigenvalue weighted by atomic mass is 16.3. The van der Waals surface area contributed by atoms with E-state index in [9.17, 15) is 15.3 Å². The lowest BCUT2D eigenvalue weighted by Gasteiger charge is -2.44. The van der Waals surface area contributed by atoms with E-state index in [1.54, 1.807) is 0 Å². The van der Waals surface area contributed by atoms with Crippen molar-refractivity contribution in [2.24, 2.45) is 0 Å². The normalized spacial score (nSPS) is 13.5. The van der Waals surface area contributed by atoms with Crippen molar-refractivity contribution < 1.29 is 15.3 Å². The van der Waals surface area contributed by atoms with Gasteiger partial charge in [-0.2, -0.15) is 0 Å². The second kappa shape index (κ2) is 11.5. The minimum Gasteiger partial charge on any atom is -0.508 e. The molecular formula is C41H60O3. The van der Waals surface area contributed by atoms with Crippen molar-refractivity contribution in [2.45, 2.75) is 151 Å². The molecule has 0 aromatic heterocycles. The number of benzene rings is 3. The molecular weight excluding hydrogens is 540 g/mol. The summed E-state index contributed by atoms with van der Waals surface area (Å²) in [7, 11) is 0. The molecule has 242 valence electrons. The highest BCUT2D eigenvalue weighted by Gasteiger charge is 2.45. The molecule has 0 amide bonds. The van der Waals surface area contributed by atoms with Gasteiger partial charge >= 0.3 is 0 Å². The molecule has 0 aliphatic rings. The molecule has 0 bridgehead atoms. The van der Waals surface area contributed by atoms with Crippen molar-refractivity contribution in [3.8, 4) is 17.2 Å². The molecule has 0 aliphatic carbocycles. The first-order valence-corrected chi connectivity index (χ1v) is 16.4. The maximum Gasteiger partial charge on any atom is 0.123 e. The summed E-state index contributed by atoms with van der Waals surface area (Å²) in [6.45, 7) is 34.5. The van der Waals surface area contributed by atoms with Crippen LogP contribution in [0.25, 0.3) is 0 Å². The molecule has 3 nitrogen and oxygen atoms in total. The van der Waals surface area contributed by atoms with Gasteiger partial charge in [0.15, 0.2) is 0 Å². The molecule has 3 heteroatoms. The van der Waals surface area contributed by atoms with Crippen LogP contribution < -0.4 is 0 Å². The summed E-state index contributed by atoms with van der Waals surface area (Å²) >= 11 is 0. The van der Waals surface area contributed by atoms with Gasteiger partial charge in [0, 0.05) is 11.0 Å². The van der Waals surface area contributed by atoms with Crippen LogP contribution in [-0.4, -0.2) is 15.3 Å². The molecule has 0 unspecified atom stereocenters. The van der Waals surface area contributed by atoms with Crippen LogP contribution in [0.3, 0.4) is 0 Å².